The molecule has 0 spiro atoms. The molecule has 0 bridgehead atoms. The Hall–Kier alpha value is -1.01. The lowest BCUT2D eigenvalue weighted by molar-refractivity contribution is 0.443. The number of hydrogen-bond donors (Lipinski definition) is 0. The van der Waals surface area contributed by atoms with Gasteiger partial charge in [-0.3, -0.25) is 0 Å². The number of hydrogen-bond acceptors (Lipinski definition) is 2. The van der Waals surface area contributed by atoms with Gasteiger partial charge in [0.15, 0.2) is 11.6 Å². The molecule has 0 unspecified atom stereocenters. The van der Waals surface area contributed by atoms with Crippen LogP contribution in [-0.2, 0) is 10.0 Å². The van der Waals surface area contributed by atoms with Gasteiger partial charge in [0.2, 0.25) is 10.0 Å². The Bertz CT molecular complexity index is 470. The van der Waals surface area contributed by atoms with Crippen LogP contribution in [0.15, 0.2) is 23.1 Å². The zero-order chi connectivity index (χ0) is 12.3. The van der Waals surface area contributed by atoms with E-state index in [9.17, 15) is 17.2 Å². The lowest BCUT2D eigenvalue weighted by Crippen LogP contribution is -2.30. The van der Waals surface area contributed by atoms with E-state index in [1.165, 1.54) is 4.31 Å². The van der Waals surface area contributed by atoms with E-state index in [0.29, 0.717) is 6.07 Å². The van der Waals surface area contributed by atoms with E-state index in [0.717, 1.165) is 12.1 Å². The molecule has 0 heterocycles. The lowest BCUT2D eigenvalue weighted by atomic mass is 10.3. The first kappa shape index (κ1) is 13.1. The summed E-state index contributed by atoms with van der Waals surface area (Å²) in [5.41, 5.74) is 0. The number of rotatable bonds is 4. The van der Waals surface area contributed by atoms with Gasteiger partial charge in [-0.2, -0.15) is 4.31 Å². The van der Waals surface area contributed by atoms with Crippen molar-refractivity contribution in [2.24, 2.45) is 0 Å². The topological polar surface area (TPSA) is 37.4 Å². The Morgan fingerprint density at radius 2 is 1.69 bits per heavy atom. The van der Waals surface area contributed by atoms with Gasteiger partial charge in [0.1, 0.15) is 0 Å². The zero-order valence-corrected chi connectivity index (χ0v) is 9.89. The summed E-state index contributed by atoms with van der Waals surface area (Å²) in [4.78, 5) is -0.227. The van der Waals surface area contributed by atoms with Crippen LogP contribution in [0.4, 0.5) is 8.78 Å². The molecule has 0 atom stereocenters. The highest BCUT2D eigenvalue weighted by molar-refractivity contribution is 7.89. The molecule has 0 saturated heterocycles. The third-order valence-electron chi connectivity index (χ3n) is 2.23. The molecule has 0 saturated carbocycles. The third kappa shape index (κ3) is 2.38. The van der Waals surface area contributed by atoms with E-state index in [2.05, 4.69) is 0 Å². The second-order valence-electron chi connectivity index (χ2n) is 3.17. The fourth-order valence-electron chi connectivity index (χ4n) is 1.35. The van der Waals surface area contributed by atoms with Crippen LogP contribution in [0.1, 0.15) is 13.8 Å². The van der Waals surface area contributed by atoms with E-state index in [1.54, 1.807) is 13.8 Å². The number of sulfonamides is 1. The Morgan fingerprint density at radius 1 is 1.12 bits per heavy atom. The van der Waals surface area contributed by atoms with Gasteiger partial charge < -0.3 is 0 Å². The van der Waals surface area contributed by atoms with Crippen LogP contribution in [0.5, 0.6) is 0 Å². The van der Waals surface area contributed by atoms with Crippen LogP contribution in [-0.4, -0.2) is 25.8 Å². The normalized spacial score (nSPS) is 12.1. The lowest BCUT2D eigenvalue weighted by Gasteiger charge is -2.18. The summed E-state index contributed by atoms with van der Waals surface area (Å²) in [6.07, 6.45) is 0. The van der Waals surface area contributed by atoms with E-state index < -0.39 is 21.7 Å². The van der Waals surface area contributed by atoms with Crippen LogP contribution in [0.3, 0.4) is 0 Å². The van der Waals surface area contributed by atoms with E-state index >= 15 is 0 Å². The van der Waals surface area contributed by atoms with Crippen molar-refractivity contribution >= 4 is 10.0 Å². The summed E-state index contributed by atoms with van der Waals surface area (Å²) in [6.45, 7) is 3.94. The fourth-order valence-corrected chi connectivity index (χ4v) is 2.82. The summed E-state index contributed by atoms with van der Waals surface area (Å²) >= 11 is 0. The standard InChI is InChI=1S/C10H13F2NO2S/c1-3-13(4-2)16(14,15)8-5-6-9(11)10(12)7-8/h5-7H,3-4H2,1-2H3. The van der Waals surface area contributed by atoms with E-state index in [1.807, 2.05) is 0 Å². The smallest absolute Gasteiger partial charge is 0.207 e. The quantitative estimate of drug-likeness (QED) is 0.818. The largest absolute Gasteiger partial charge is 0.243 e. The molecule has 6 heteroatoms. The van der Waals surface area contributed by atoms with Crippen molar-refractivity contribution < 1.29 is 17.2 Å². The highest BCUT2D eigenvalue weighted by Gasteiger charge is 2.22. The van der Waals surface area contributed by atoms with Crippen LogP contribution >= 0.6 is 0 Å². The Kier molecular flexibility index (Phi) is 3.98. The van der Waals surface area contributed by atoms with Crippen LogP contribution in [0.25, 0.3) is 0 Å². The molecule has 1 rings (SSSR count). The van der Waals surface area contributed by atoms with Crippen LogP contribution in [0, 0.1) is 11.6 Å². The molecule has 16 heavy (non-hydrogen) atoms. The van der Waals surface area contributed by atoms with Crippen molar-refractivity contribution in [3.63, 3.8) is 0 Å². The van der Waals surface area contributed by atoms with Gasteiger partial charge in [0, 0.05) is 13.1 Å². The Labute approximate surface area is 93.7 Å². The van der Waals surface area contributed by atoms with Crippen molar-refractivity contribution in [2.45, 2.75) is 18.7 Å². The van der Waals surface area contributed by atoms with Crippen molar-refractivity contribution in [1.29, 1.82) is 0 Å². The predicted molar refractivity (Wildman–Crippen MR) is 56.5 cm³/mol. The monoisotopic (exact) mass is 249 g/mol. The SMILES string of the molecule is CCN(CC)S(=O)(=O)c1ccc(F)c(F)c1. The van der Waals surface area contributed by atoms with Crippen molar-refractivity contribution in [3.8, 4) is 0 Å². The molecule has 0 amide bonds. The maximum atomic E-state index is 12.9. The van der Waals surface area contributed by atoms with Crippen LogP contribution < -0.4 is 0 Å². The molecule has 90 valence electrons. The van der Waals surface area contributed by atoms with Gasteiger partial charge >= 0.3 is 0 Å². The molecule has 0 radical (unpaired) electrons. The van der Waals surface area contributed by atoms with Crippen molar-refractivity contribution in [2.75, 3.05) is 13.1 Å². The summed E-state index contributed by atoms with van der Waals surface area (Å²) < 4.78 is 50.6. The molecule has 0 aliphatic carbocycles. The molecule has 1 aromatic carbocycles. The minimum absolute atomic E-state index is 0.227. The molecule has 0 aromatic heterocycles. The maximum absolute atomic E-state index is 12.9. The molecular weight excluding hydrogens is 236 g/mol. The van der Waals surface area contributed by atoms with Gasteiger partial charge in [-0.1, -0.05) is 13.8 Å². The Morgan fingerprint density at radius 3 is 2.12 bits per heavy atom. The maximum Gasteiger partial charge on any atom is 0.243 e. The van der Waals surface area contributed by atoms with Crippen molar-refractivity contribution in [1.82, 2.24) is 4.31 Å². The van der Waals surface area contributed by atoms with Crippen molar-refractivity contribution in [3.05, 3.63) is 29.8 Å². The molecular formula is C10H13F2NO2S. The summed E-state index contributed by atoms with van der Waals surface area (Å²) in [6, 6.07) is 2.57. The number of nitrogens with zero attached hydrogens (tertiary/aromatic N) is 1. The average molecular weight is 249 g/mol. The second-order valence-corrected chi connectivity index (χ2v) is 5.10. The predicted octanol–water partition coefficient (Wildman–Crippen LogP) is 2.00. The third-order valence-corrected chi connectivity index (χ3v) is 4.28. The van der Waals surface area contributed by atoms with Crippen LogP contribution in [0.2, 0.25) is 0 Å². The molecule has 0 N–H and O–H groups in total. The summed E-state index contributed by atoms with van der Waals surface area (Å²) in [5, 5.41) is 0. The first-order valence-corrected chi connectivity index (χ1v) is 6.32. The van der Waals surface area contributed by atoms with Gasteiger partial charge in [-0.25, -0.2) is 17.2 Å². The number of benzene rings is 1. The Balaban J connectivity index is 3.22. The average Bonchev–Trinajstić information content (AvgIpc) is 2.23. The molecule has 3 nitrogen and oxygen atoms in total. The zero-order valence-electron chi connectivity index (χ0n) is 9.07. The van der Waals surface area contributed by atoms with Gasteiger partial charge in [0.25, 0.3) is 0 Å². The molecule has 1 aromatic rings. The highest BCUT2D eigenvalue weighted by atomic mass is 32.2. The number of halogens is 2. The fraction of sp³-hybridized carbons (Fsp3) is 0.400. The van der Waals surface area contributed by atoms with E-state index in [-0.39, 0.29) is 18.0 Å². The summed E-state index contributed by atoms with van der Waals surface area (Å²) in [7, 11) is -3.71. The summed E-state index contributed by atoms with van der Waals surface area (Å²) in [5.74, 6) is -2.22. The first-order valence-electron chi connectivity index (χ1n) is 4.88. The molecule has 0 fully saturated rings. The molecule has 0 aliphatic rings. The van der Waals surface area contributed by atoms with E-state index in [4.69, 9.17) is 0 Å². The first-order chi connectivity index (χ1) is 7.43. The highest BCUT2D eigenvalue weighted by Crippen LogP contribution is 2.17. The minimum atomic E-state index is -3.71. The second kappa shape index (κ2) is 4.88. The van der Waals surface area contributed by atoms with Gasteiger partial charge in [0.05, 0.1) is 4.90 Å². The minimum Gasteiger partial charge on any atom is -0.207 e. The van der Waals surface area contributed by atoms with Gasteiger partial charge in [-0.15, -0.1) is 0 Å². The molecule has 0 aliphatic heterocycles. The van der Waals surface area contributed by atoms with Gasteiger partial charge in [-0.05, 0) is 18.2 Å².